The summed E-state index contributed by atoms with van der Waals surface area (Å²) in [5, 5.41) is 10.6. The number of carbonyl (C=O) groups excluding carboxylic acids is 2. The topological polar surface area (TPSA) is 72.8 Å². The SMILES string of the molecule is CC(=O)OC1CC2(C)C(=C(C)CCC2O)C2OC(=O)C(C)C12. The Hall–Kier alpha value is -1.36. The molecule has 3 rings (SSSR count). The Labute approximate surface area is 130 Å². The van der Waals surface area contributed by atoms with E-state index in [-0.39, 0.29) is 29.9 Å². The van der Waals surface area contributed by atoms with E-state index in [1.165, 1.54) is 12.5 Å². The summed E-state index contributed by atoms with van der Waals surface area (Å²) in [7, 11) is 0. The Morgan fingerprint density at radius 1 is 1.45 bits per heavy atom. The maximum absolute atomic E-state index is 12.1. The first-order valence-electron chi connectivity index (χ1n) is 8.01. The second-order valence-corrected chi connectivity index (χ2v) is 7.24. The van der Waals surface area contributed by atoms with Gasteiger partial charge in [0, 0.05) is 12.3 Å². The van der Waals surface area contributed by atoms with Gasteiger partial charge in [-0.1, -0.05) is 19.4 Å². The first-order chi connectivity index (χ1) is 10.3. The molecule has 122 valence electrons. The zero-order valence-electron chi connectivity index (χ0n) is 13.6. The van der Waals surface area contributed by atoms with Crippen LogP contribution >= 0.6 is 0 Å². The highest BCUT2D eigenvalue weighted by molar-refractivity contribution is 5.76. The molecule has 5 heteroatoms. The van der Waals surface area contributed by atoms with E-state index in [4.69, 9.17) is 9.47 Å². The quantitative estimate of drug-likeness (QED) is 0.592. The molecule has 5 nitrogen and oxygen atoms in total. The summed E-state index contributed by atoms with van der Waals surface area (Å²) < 4.78 is 11.2. The molecule has 1 saturated carbocycles. The van der Waals surface area contributed by atoms with E-state index >= 15 is 0 Å². The lowest BCUT2D eigenvalue weighted by Gasteiger charge is -2.51. The van der Waals surface area contributed by atoms with E-state index in [9.17, 15) is 14.7 Å². The number of rotatable bonds is 1. The van der Waals surface area contributed by atoms with Gasteiger partial charge in [0.05, 0.1) is 17.9 Å². The summed E-state index contributed by atoms with van der Waals surface area (Å²) in [4.78, 5) is 23.6. The molecule has 3 aliphatic rings. The van der Waals surface area contributed by atoms with E-state index < -0.39 is 17.6 Å². The molecule has 0 bridgehead atoms. The van der Waals surface area contributed by atoms with Gasteiger partial charge in [0.25, 0.3) is 0 Å². The zero-order chi connectivity index (χ0) is 16.2. The van der Waals surface area contributed by atoms with Crippen molar-refractivity contribution in [1.82, 2.24) is 0 Å². The van der Waals surface area contributed by atoms with Crippen molar-refractivity contribution < 1.29 is 24.2 Å². The highest BCUT2D eigenvalue weighted by atomic mass is 16.6. The third kappa shape index (κ3) is 2.09. The highest BCUT2D eigenvalue weighted by Crippen LogP contribution is 2.56. The molecule has 2 aliphatic carbocycles. The third-order valence-electron chi connectivity index (χ3n) is 5.80. The standard InChI is InChI=1S/C17H24O5/c1-8-5-6-12(19)17(4)7-11(21-10(3)18)13-9(2)16(20)22-15(13)14(8)17/h9,11-13,15,19H,5-7H2,1-4H3. The molecule has 1 saturated heterocycles. The van der Waals surface area contributed by atoms with Crippen LogP contribution in [0.4, 0.5) is 0 Å². The van der Waals surface area contributed by atoms with Crippen LogP contribution in [0.5, 0.6) is 0 Å². The van der Waals surface area contributed by atoms with Gasteiger partial charge in [0.1, 0.15) is 12.2 Å². The summed E-state index contributed by atoms with van der Waals surface area (Å²) in [6, 6.07) is 0. The van der Waals surface area contributed by atoms with Crippen molar-refractivity contribution in [2.45, 2.75) is 65.3 Å². The molecule has 0 amide bonds. The molecule has 0 aromatic heterocycles. The van der Waals surface area contributed by atoms with Gasteiger partial charge in [0.2, 0.25) is 0 Å². The van der Waals surface area contributed by atoms with Crippen molar-refractivity contribution in [1.29, 1.82) is 0 Å². The molecule has 2 fully saturated rings. The summed E-state index contributed by atoms with van der Waals surface area (Å²) >= 11 is 0. The Balaban J connectivity index is 2.08. The van der Waals surface area contributed by atoms with Crippen LogP contribution in [0.25, 0.3) is 0 Å². The molecule has 1 N–H and O–H groups in total. The van der Waals surface area contributed by atoms with Crippen LogP contribution in [0.1, 0.15) is 47.0 Å². The average molecular weight is 308 g/mol. The smallest absolute Gasteiger partial charge is 0.309 e. The van der Waals surface area contributed by atoms with Gasteiger partial charge in [-0.3, -0.25) is 9.59 Å². The zero-order valence-corrected chi connectivity index (χ0v) is 13.6. The predicted molar refractivity (Wildman–Crippen MR) is 78.8 cm³/mol. The third-order valence-corrected chi connectivity index (χ3v) is 5.80. The maximum atomic E-state index is 12.1. The van der Waals surface area contributed by atoms with Gasteiger partial charge < -0.3 is 14.6 Å². The van der Waals surface area contributed by atoms with Crippen LogP contribution < -0.4 is 0 Å². The fourth-order valence-electron chi connectivity index (χ4n) is 4.67. The van der Waals surface area contributed by atoms with Gasteiger partial charge >= 0.3 is 11.9 Å². The van der Waals surface area contributed by atoms with Crippen molar-refractivity contribution in [3.8, 4) is 0 Å². The number of allylic oxidation sites excluding steroid dienone is 1. The Morgan fingerprint density at radius 3 is 2.77 bits per heavy atom. The monoisotopic (exact) mass is 308 g/mol. The second kappa shape index (κ2) is 5.08. The lowest BCUT2D eigenvalue weighted by Crippen LogP contribution is -2.53. The summed E-state index contributed by atoms with van der Waals surface area (Å²) in [6.07, 6.45) is 0.792. The molecule has 0 aromatic carbocycles. The van der Waals surface area contributed by atoms with Crippen LogP contribution in [-0.4, -0.2) is 35.4 Å². The van der Waals surface area contributed by atoms with E-state index in [1.807, 2.05) is 13.8 Å². The van der Waals surface area contributed by atoms with Gasteiger partial charge in [0.15, 0.2) is 0 Å². The van der Waals surface area contributed by atoms with E-state index in [1.54, 1.807) is 0 Å². The summed E-state index contributed by atoms with van der Waals surface area (Å²) in [5.41, 5.74) is 1.76. The van der Waals surface area contributed by atoms with E-state index in [0.29, 0.717) is 12.8 Å². The van der Waals surface area contributed by atoms with Gasteiger partial charge in [-0.2, -0.15) is 0 Å². The number of aliphatic hydroxyl groups is 1. The molecule has 22 heavy (non-hydrogen) atoms. The Morgan fingerprint density at radius 2 is 2.14 bits per heavy atom. The second-order valence-electron chi connectivity index (χ2n) is 7.24. The van der Waals surface area contributed by atoms with Crippen LogP contribution in [0.15, 0.2) is 11.1 Å². The van der Waals surface area contributed by atoms with E-state index in [0.717, 1.165) is 12.0 Å². The number of aliphatic hydroxyl groups excluding tert-OH is 1. The first-order valence-corrected chi connectivity index (χ1v) is 8.01. The van der Waals surface area contributed by atoms with Crippen molar-refractivity contribution in [2.75, 3.05) is 0 Å². The number of fused-ring (bicyclic) bond motifs is 3. The molecule has 0 spiro atoms. The van der Waals surface area contributed by atoms with Crippen LogP contribution in [0, 0.1) is 17.3 Å². The van der Waals surface area contributed by atoms with Crippen molar-refractivity contribution in [3.63, 3.8) is 0 Å². The predicted octanol–water partition coefficient (Wildman–Crippen LogP) is 1.98. The van der Waals surface area contributed by atoms with Crippen LogP contribution in [-0.2, 0) is 19.1 Å². The largest absolute Gasteiger partial charge is 0.462 e. The van der Waals surface area contributed by atoms with Crippen molar-refractivity contribution in [3.05, 3.63) is 11.1 Å². The molecule has 6 atom stereocenters. The molecular weight excluding hydrogens is 284 g/mol. The Bertz CT molecular complexity index is 551. The molecular formula is C17H24O5. The van der Waals surface area contributed by atoms with Gasteiger partial charge in [-0.15, -0.1) is 0 Å². The Kier molecular flexibility index (Phi) is 3.59. The van der Waals surface area contributed by atoms with Crippen LogP contribution in [0.3, 0.4) is 0 Å². The minimum absolute atomic E-state index is 0.153. The molecule has 6 unspecified atom stereocenters. The minimum Gasteiger partial charge on any atom is -0.462 e. The number of esters is 2. The van der Waals surface area contributed by atoms with E-state index in [2.05, 4.69) is 6.92 Å². The van der Waals surface area contributed by atoms with Crippen LogP contribution in [0.2, 0.25) is 0 Å². The fraction of sp³-hybridized carbons (Fsp3) is 0.765. The number of hydrogen-bond acceptors (Lipinski definition) is 5. The van der Waals surface area contributed by atoms with Crippen molar-refractivity contribution in [2.24, 2.45) is 17.3 Å². The molecule has 1 aliphatic heterocycles. The summed E-state index contributed by atoms with van der Waals surface area (Å²) in [6.45, 7) is 7.27. The van der Waals surface area contributed by atoms with Gasteiger partial charge in [-0.25, -0.2) is 0 Å². The average Bonchev–Trinajstić information content (AvgIpc) is 2.70. The molecule has 1 heterocycles. The molecule has 0 aromatic rings. The lowest BCUT2D eigenvalue weighted by atomic mass is 9.57. The first kappa shape index (κ1) is 15.5. The van der Waals surface area contributed by atoms with Gasteiger partial charge in [-0.05, 0) is 31.8 Å². The number of hydrogen-bond donors (Lipinski definition) is 1. The summed E-state index contributed by atoms with van der Waals surface area (Å²) in [5.74, 6) is -1.04. The number of carbonyl (C=O) groups is 2. The molecule has 0 radical (unpaired) electrons. The highest BCUT2D eigenvalue weighted by Gasteiger charge is 2.60. The lowest BCUT2D eigenvalue weighted by molar-refractivity contribution is -0.158. The number of ether oxygens (including phenoxy) is 2. The fourth-order valence-corrected chi connectivity index (χ4v) is 4.67. The minimum atomic E-state index is -0.500. The maximum Gasteiger partial charge on any atom is 0.309 e. The normalized spacial score (nSPS) is 44.2. The van der Waals surface area contributed by atoms with Crippen molar-refractivity contribution >= 4 is 11.9 Å².